The molecule has 0 radical (unpaired) electrons. The van der Waals surface area contributed by atoms with E-state index in [1.54, 1.807) is 0 Å². The molecule has 1 rings (SSSR count). The van der Waals surface area contributed by atoms with Gasteiger partial charge in [-0.1, -0.05) is 0 Å². The van der Waals surface area contributed by atoms with E-state index < -0.39 is 18.9 Å². The summed E-state index contributed by atoms with van der Waals surface area (Å²) in [5.74, 6) is -1.42. The van der Waals surface area contributed by atoms with Gasteiger partial charge >= 0.3 is 5.97 Å². The molecule has 0 aliphatic heterocycles. The van der Waals surface area contributed by atoms with Gasteiger partial charge in [0.1, 0.15) is 0 Å². The molecule has 78 valence electrons. The van der Waals surface area contributed by atoms with Crippen LogP contribution in [0.15, 0.2) is 16.7 Å². The summed E-state index contributed by atoms with van der Waals surface area (Å²) in [6.45, 7) is -0.410. The summed E-state index contributed by atoms with van der Waals surface area (Å²) < 4.78 is 28.1. The van der Waals surface area contributed by atoms with E-state index in [4.69, 9.17) is 5.11 Å². The minimum atomic E-state index is -2.45. The lowest BCUT2D eigenvalue weighted by Gasteiger charge is -2.01. The molecule has 0 aromatic carbocycles. The highest BCUT2D eigenvalue weighted by Gasteiger charge is 2.13. The fourth-order valence-corrected chi connectivity index (χ4v) is 0.978. The Morgan fingerprint density at radius 1 is 1.64 bits per heavy atom. The maximum Gasteiger partial charge on any atom is 0.372 e. The first kappa shape index (κ1) is 10.6. The van der Waals surface area contributed by atoms with E-state index in [9.17, 15) is 13.6 Å². The van der Waals surface area contributed by atoms with Gasteiger partial charge in [-0.05, 0) is 6.07 Å². The molecule has 0 atom stereocenters. The van der Waals surface area contributed by atoms with Crippen LogP contribution in [0.3, 0.4) is 0 Å². The zero-order valence-corrected chi connectivity index (χ0v) is 7.17. The molecule has 4 nitrogen and oxygen atoms in total. The standard InChI is InChI=1S/C8H9F2NO3/c9-6(10)4-11-3-5-1-2-14-7(5)8(12)13/h1-2,6,11H,3-4H2,(H,12,13). The lowest BCUT2D eigenvalue weighted by Crippen LogP contribution is -2.21. The summed E-state index contributed by atoms with van der Waals surface area (Å²) in [6, 6.07) is 1.43. The van der Waals surface area contributed by atoms with Crippen molar-refractivity contribution < 1.29 is 23.1 Å². The Labute approximate surface area is 78.5 Å². The number of nitrogens with one attached hydrogen (secondary N) is 1. The number of halogens is 2. The highest BCUT2D eigenvalue weighted by molar-refractivity contribution is 5.86. The van der Waals surface area contributed by atoms with Crippen LogP contribution in [0.1, 0.15) is 16.1 Å². The molecule has 0 aliphatic carbocycles. The summed E-state index contributed by atoms with van der Waals surface area (Å²) in [6.07, 6.45) is -1.24. The lowest BCUT2D eigenvalue weighted by molar-refractivity contribution is 0.0660. The molecule has 0 fully saturated rings. The third-order valence-corrected chi connectivity index (χ3v) is 1.56. The molecule has 2 N–H and O–H groups in total. The van der Waals surface area contributed by atoms with Gasteiger partial charge in [-0.25, -0.2) is 13.6 Å². The zero-order chi connectivity index (χ0) is 10.6. The van der Waals surface area contributed by atoms with Crippen LogP contribution in [0.2, 0.25) is 0 Å². The van der Waals surface area contributed by atoms with Gasteiger partial charge in [0.05, 0.1) is 12.8 Å². The predicted octanol–water partition coefficient (Wildman–Crippen LogP) is 1.33. The third-order valence-electron chi connectivity index (χ3n) is 1.56. The number of rotatable bonds is 5. The fourth-order valence-electron chi connectivity index (χ4n) is 0.978. The van der Waals surface area contributed by atoms with Crippen molar-refractivity contribution in [3.8, 4) is 0 Å². The van der Waals surface area contributed by atoms with E-state index in [2.05, 4.69) is 9.73 Å². The largest absolute Gasteiger partial charge is 0.475 e. The maximum absolute atomic E-state index is 11.7. The quantitative estimate of drug-likeness (QED) is 0.761. The van der Waals surface area contributed by atoms with Crippen LogP contribution >= 0.6 is 0 Å². The third kappa shape index (κ3) is 2.81. The van der Waals surface area contributed by atoms with Gasteiger partial charge in [0, 0.05) is 12.1 Å². The Bertz CT molecular complexity index is 311. The van der Waals surface area contributed by atoms with Crippen molar-refractivity contribution in [3.63, 3.8) is 0 Å². The van der Waals surface area contributed by atoms with Gasteiger partial charge in [-0.15, -0.1) is 0 Å². The van der Waals surface area contributed by atoms with Gasteiger partial charge < -0.3 is 14.8 Å². The predicted molar refractivity (Wildman–Crippen MR) is 43.4 cm³/mol. The molecule has 1 heterocycles. The average Bonchev–Trinajstić information content (AvgIpc) is 2.51. The van der Waals surface area contributed by atoms with Crippen LogP contribution in [0.25, 0.3) is 0 Å². The molecular formula is C8H9F2NO3. The first-order chi connectivity index (χ1) is 6.61. The Hall–Kier alpha value is -1.43. The van der Waals surface area contributed by atoms with Gasteiger partial charge in [-0.3, -0.25) is 0 Å². The molecule has 0 saturated heterocycles. The topological polar surface area (TPSA) is 62.5 Å². The van der Waals surface area contributed by atoms with E-state index in [0.29, 0.717) is 5.56 Å². The van der Waals surface area contributed by atoms with Crippen molar-refractivity contribution in [3.05, 3.63) is 23.7 Å². The van der Waals surface area contributed by atoms with E-state index >= 15 is 0 Å². The number of aromatic carboxylic acids is 1. The molecule has 6 heteroatoms. The Kier molecular flexibility index (Phi) is 3.58. The van der Waals surface area contributed by atoms with Gasteiger partial charge in [0.25, 0.3) is 6.43 Å². The molecule has 1 aromatic heterocycles. The molecule has 1 aromatic rings. The number of carboxylic acids is 1. The SMILES string of the molecule is O=C(O)c1occc1CNCC(F)F. The minimum Gasteiger partial charge on any atom is -0.475 e. The number of furan rings is 1. The summed E-state index contributed by atoms with van der Waals surface area (Å²) in [4.78, 5) is 10.5. The van der Waals surface area contributed by atoms with Crippen LogP contribution in [0.4, 0.5) is 8.78 Å². The normalized spacial score (nSPS) is 10.8. The molecule has 0 unspecified atom stereocenters. The number of alkyl halides is 2. The van der Waals surface area contributed by atoms with Crippen molar-refractivity contribution >= 4 is 5.97 Å². The maximum atomic E-state index is 11.7. The highest BCUT2D eigenvalue weighted by atomic mass is 19.3. The smallest absolute Gasteiger partial charge is 0.372 e. The van der Waals surface area contributed by atoms with Crippen LogP contribution in [-0.4, -0.2) is 24.0 Å². The summed E-state index contributed by atoms with van der Waals surface area (Å²) in [5.41, 5.74) is 0.359. The second kappa shape index (κ2) is 4.71. The summed E-state index contributed by atoms with van der Waals surface area (Å²) >= 11 is 0. The molecule has 0 bridgehead atoms. The van der Waals surface area contributed by atoms with Crippen LogP contribution in [0.5, 0.6) is 0 Å². The first-order valence-corrected chi connectivity index (χ1v) is 3.89. The van der Waals surface area contributed by atoms with E-state index in [0.717, 1.165) is 0 Å². The van der Waals surface area contributed by atoms with Crippen molar-refractivity contribution in [1.82, 2.24) is 5.32 Å². The van der Waals surface area contributed by atoms with Crippen molar-refractivity contribution in [2.45, 2.75) is 13.0 Å². The Morgan fingerprint density at radius 3 is 2.93 bits per heavy atom. The van der Waals surface area contributed by atoms with Gasteiger partial charge in [0.15, 0.2) is 0 Å². The van der Waals surface area contributed by atoms with Gasteiger partial charge in [0.2, 0.25) is 5.76 Å². The van der Waals surface area contributed by atoms with Crippen molar-refractivity contribution in [2.24, 2.45) is 0 Å². The first-order valence-electron chi connectivity index (χ1n) is 3.89. The second-order valence-corrected chi connectivity index (χ2v) is 2.60. The van der Waals surface area contributed by atoms with E-state index in [-0.39, 0.29) is 12.3 Å². The summed E-state index contributed by atoms with van der Waals surface area (Å²) in [5, 5.41) is 11.0. The van der Waals surface area contributed by atoms with Crippen LogP contribution < -0.4 is 5.32 Å². The van der Waals surface area contributed by atoms with E-state index in [1.165, 1.54) is 12.3 Å². The van der Waals surface area contributed by atoms with Crippen LogP contribution in [-0.2, 0) is 6.54 Å². The number of carbonyl (C=O) groups is 1. The number of hydrogen-bond donors (Lipinski definition) is 2. The molecular weight excluding hydrogens is 196 g/mol. The van der Waals surface area contributed by atoms with Crippen molar-refractivity contribution in [1.29, 1.82) is 0 Å². The average molecular weight is 205 g/mol. The Balaban J connectivity index is 2.50. The minimum absolute atomic E-state index is 0.0580. The molecule has 0 aliphatic rings. The van der Waals surface area contributed by atoms with E-state index in [1.807, 2.05) is 0 Å². The molecule has 0 saturated carbocycles. The Morgan fingerprint density at radius 2 is 2.36 bits per heavy atom. The monoisotopic (exact) mass is 205 g/mol. The van der Waals surface area contributed by atoms with Crippen molar-refractivity contribution in [2.75, 3.05) is 6.54 Å². The summed E-state index contributed by atoms with van der Waals surface area (Å²) in [7, 11) is 0. The number of carboxylic acid groups (broad SMARTS) is 1. The van der Waals surface area contributed by atoms with Gasteiger partial charge in [-0.2, -0.15) is 0 Å². The molecule has 14 heavy (non-hydrogen) atoms. The van der Waals surface area contributed by atoms with Crippen LogP contribution in [0, 0.1) is 0 Å². The lowest BCUT2D eigenvalue weighted by atomic mass is 10.2. The second-order valence-electron chi connectivity index (χ2n) is 2.60. The zero-order valence-electron chi connectivity index (χ0n) is 7.17. The highest BCUT2D eigenvalue weighted by Crippen LogP contribution is 2.09. The number of hydrogen-bond acceptors (Lipinski definition) is 3. The fraction of sp³-hybridized carbons (Fsp3) is 0.375. The molecule has 0 amide bonds. The molecule has 0 spiro atoms.